The minimum absolute atomic E-state index is 0.0415. The van der Waals surface area contributed by atoms with Gasteiger partial charge in [-0.2, -0.15) is 26.3 Å². The molecular weight excluding hydrogens is 351 g/mol. The number of aliphatic hydroxyl groups excluding tert-OH is 1. The molecule has 1 N–H and O–H groups in total. The average Bonchev–Trinajstić information content (AvgIpc) is 2.35. The van der Waals surface area contributed by atoms with Gasteiger partial charge in [-0.05, 0) is 6.54 Å². The maximum Gasteiger partial charge on any atom is 0.470 e. The number of rotatable bonds is 10. The molecule has 140 valence electrons. The second kappa shape index (κ2) is 8.01. The quantitative estimate of drug-likeness (QED) is 0.418. The molecule has 6 nitrogen and oxygen atoms in total. The second-order valence-corrected chi connectivity index (χ2v) is 7.56. The van der Waals surface area contributed by atoms with E-state index in [0.717, 1.165) is 0 Å². The van der Waals surface area contributed by atoms with Gasteiger partial charge < -0.3 is 14.7 Å². The van der Waals surface area contributed by atoms with Crippen molar-refractivity contribution in [1.82, 2.24) is 4.31 Å². The fourth-order valence-corrected chi connectivity index (χ4v) is 3.12. The molecular formula is C11H21F5N2O4S. The number of hydrogen-bond acceptors (Lipinski definition) is 4. The summed E-state index contributed by atoms with van der Waals surface area (Å²) in [6, 6.07) is 0. The van der Waals surface area contributed by atoms with Crippen molar-refractivity contribution in [1.29, 1.82) is 0 Å². The van der Waals surface area contributed by atoms with Gasteiger partial charge in [0.05, 0.1) is 27.2 Å². The van der Waals surface area contributed by atoms with Gasteiger partial charge in [-0.1, -0.05) is 0 Å². The van der Waals surface area contributed by atoms with Crippen LogP contribution in [0.5, 0.6) is 0 Å². The van der Waals surface area contributed by atoms with Crippen LogP contribution >= 0.6 is 0 Å². The van der Waals surface area contributed by atoms with Gasteiger partial charge in [0.25, 0.3) is 10.0 Å². The van der Waals surface area contributed by atoms with Crippen LogP contribution in [0.15, 0.2) is 0 Å². The Morgan fingerprint density at radius 1 is 1.09 bits per heavy atom. The van der Waals surface area contributed by atoms with Gasteiger partial charge in [0.1, 0.15) is 6.54 Å². The first kappa shape index (κ1) is 22.4. The van der Waals surface area contributed by atoms with Crippen LogP contribution in [-0.2, 0) is 10.0 Å². The lowest BCUT2D eigenvalue weighted by molar-refractivity contribution is -0.890. The first-order valence-electron chi connectivity index (χ1n) is 6.68. The largest absolute Gasteiger partial charge is 0.854 e. The molecule has 0 aromatic rings. The lowest BCUT2D eigenvalue weighted by Gasteiger charge is -2.32. The summed E-state index contributed by atoms with van der Waals surface area (Å²) in [5, 5.41) is 13.4. The summed E-state index contributed by atoms with van der Waals surface area (Å²) in [7, 11) is -2.68. The van der Waals surface area contributed by atoms with E-state index in [0.29, 0.717) is 6.54 Å². The van der Waals surface area contributed by atoms with E-state index in [1.165, 1.54) is 0 Å². The molecule has 0 aliphatic carbocycles. The SMILES string of the molecule is C[N+](C)(CCO)CCCN(CC[O-])S(=O)(=O)C(F)(F)C(F)(F)F. The van der Waals surface area contributed by atoms with Crippen molar-refractivity contribution in [2.45, 2.75) is 17.9 Å². The molecule has 0 heterocycles. The monoisotopic (exact) mass is 372 g/mol. The highest BCUT2D eigenvalue weighted by Crippen LogP contribution is 2.41. The van der Waals surface area contributed by atoms with Crippen LogP contribution in [0, 0.1) is 0 Å². The summed E-state index contributed by atoms with van der Waals surface area (Å²) < 4.78 is 86.4. The number of alkyl halides is 5. The van der Waals surface area contributed by atoms with Crippen molar-refractivity contribution in [3.8, 4) is 0 Å². The number of sulfonamides is 1. The van der Waals surface area contributed by atoms with Gasteiger partial charge in [0, 0.05) is 13.0 Å². The van der Waals surface area contributed by atoms with Crippen LogP contribution in [0.2, 0.25) is 0 Å². The molecule has 12 heteroatoms. The van der Waals surface area contributed by atoms with Crippen molar-refractivity contribution in [2.75, 3.05) is 53.5 Å². The highest BCUT2D eigenvalue weighted by molar-refractivity contribution is 7.90. The van der Waals surface area contributed by atoms with Crippen LogP contribution in [-0.4, -0.2) is 87.2 Å². The molecule has 0 saturated heterocycles. The topological polar surface area (TPSA) is 80.7 Å². The van der Waals surface area contributed by atoms with E-state index in [9.17, 15) is 35.5 Å². The number of nitrogens with zero attached hydrogens (tertiary/aromatic N) is 2. The number of aliphatic hydroxyl groups is 1. The van der Waals surface area contributed by atoms with Gasteiger partial charge in [-0.25, -0.2) is 8.42 Å². The zero-order valence-electron chi connectivity index (χ0n) is 12.8. The van der Waals surface area contributed by atoms with Crippen molar-refractivity contribution >= 4 is 10.0 Å². The molecule has 0 atom stereocenters. The molecule has 0 amide bonds. The van der Waals surface area contributed by atoms with Crippen LogP contribution in [0.25, 0.3) is 0 Å². The predicted molar refractivity (Wildman–Crippen MR) is 69.9 cm³/mol. The molecule has 0 spiro atoms. The zero-order valence-corrected chi connectivity index (χ0v) is 13.6. The summed E-state index contributed by atoms with van der Waals surface area (Å²) in [4.78, 5) is 0. The van der Waals surface area contributed by atoms with E-state index < -0.39 is 41.2 Å². The molecule has 0 radical (unpaired) electrons. The van der Waals surface area contributed by atoms with E-state index in [1.807, 2.05) is 0 Å². The number of quaternary nitrogens is 1. The third-order valence-corrected chi connectivity index (χ3v) is 5.14. The van der Waals surface area contributed by atoms with Crippen LogP contribution in [0.1, 0.15) is 6.42 Å². The molecule has 0 saturated carbocycles. The Kier molecular flexibility index (Phi) is 7.82. The van der Waals surface area contributed by atoms with Gasteiger partial charge in [-0.3, -0.25) is 0 Å². The first-order chi connectivity index (χ1) is 10.2. The van der Waals surface area contributed by atoms with Gasteiger partial charge >= 0.3 is 11.4 Å². The second-order valence-electron chi connectivity index (χ2n) is 5.58. The Labute approximate surface area is 131 Å². The lowest BCUT2D eigenvalue weighted by Crippen LogP contribution is -2.53. The van der Waals surface area contributed by atoms with Gasteiger partial charge in [0.15, 0.2) is 0 Å². The van der Waals surface area contributed by atoms with Crippen molar-refractivity contribution in [2.24, 2.45) is 0 Å². The average molecular weight is 372 g/mol. The summed E-state index contributed by atoms with van der Waals surface area (Å²) in [6.45, 7) is -2.38. The minimum atomic E-state index is -6.26. The van der Waals surface area contributed by atoms with E-state index >= 15 is 0 Å². The van der Waals surface area contributed by atoms with Gasteiger partial charge in [0.2, 0.25) is 0 Å². The summed E-state index contributed by atoms with van der Waals surface area (Å²) >= 11 is 0. The fourth-order valence-electron chi connectivity index (χ4n) is 1.82. The standard InChI is InChI=1S/C11H21F5N2O4S/c1-18(2,7-9-20)6-3-4-17(5-8-19)23(21,22)11(15,16)10(12,13)14/h20H,3-9H2,1-2H3. The van der Waals surface area contributed by atoms with Crippen LogP contribution in [0.3, 0.4) is 0 Å². The van der Waals surface area contributed by atoms with Crippen molar-refractivity contribution in [3.05, 3.63) is 0 Å². The lowest BCUT2D eigenvalue weighted by atomic mass is 10.3. The molecule has 0 aromatic heterocycles. The third-order valence-electron chi connectivity index (χ3n) is 3.21. The maximum absolute atomic E-state index is 13.2. The van der Waals surface area contributed by atoms with E-state index in [4.69, 9.17) is 5.11 Å². The summed E-state index contributed by atoms with van der Waals surface area (Å²) in [5.41, 5.74) is 0. The highest BCUT2D eigenvalue weighted by atomic mass is 32.2. The van der Waals surface area contributed by atoms with E-state index in [-0.39, 0.29) is 28.4 Å². The zero-order chi connectivity index (χ0) is 18.5. The minimum Gasteiger partial charge on any atom is -0.854 e. The van der Waals surface area contributed by atoms with E-state index in [2.05, 4.69) is 0 Å². The van der Waals surface area contributed by atoms with E-state index in [1.54, 1.807) is 14.1 Å². The Balaban J connectivity index is 5.12. The number of likely N-dealkylation sites (N-methyl/N-ethyl adjacent to an activating group) is 1. The number of hydrogen-bond donors (Lipinski definition) is 1. The highest BCUT2D eigenvalue weighted by Gasteiger charge is 2.68. The normalized spacial score (nSPS) is 14.5. The molecule has 0 fully saturated rings. The molecule has 0 aliphatic rings. The third kappa shape index (κ3) is 5.78. The van der Waals surface area contributed by atoms with Crippen LogP contribution in [0.4, 0.5) is 22.0 Å². The van der Waals surface area contributed by atoms with Gasteiger partial charge in [-0.15, -0.1) is 6.61 Å². The molecule has 0 unspecified atom stereocenters. The Morgan fingerprint density at radius 2 is 1.61 bits per heavy atom. The van der Waals surface area contributed by atoms with Crippen molar-refractivity contribution in [3.63, 3.8) is 0 Å². The Hall–Kier alpha value is -0.560. The molecule has 0 rings (SSSR count). The number of halogens is 5. The fraction of sp³-hybridized carbons (Fsp3) is 1.00. The predicted octanol–water partition coefficient (Wildman–Crippen LogP) is -0.408. The molecule has 0 aromatic carbocycles. The summed E-state index contributed by atoms with van der Waals surface area (Å²) in [6.07, 6.45) is -6.31. The Bertz CT molecular complexity index is 468. The maximum atomic E-state index is 13.2. The molecule has 23 heavy (non-hydrogen) atoms. The van der Waals surface area contributed by atoms with Crippen molar-refractivity contribution < 1.29 is 45.1 Å². The molecule has 0 bridgehead atoms. The smallest absolute Gasteiger partial charge is 0.470 e. The Morgan fingerprint density at radius 3 is 2.00 bits per heavy atom. The first-order valence-corrected chi connectivity index (χ1v) is 8.12. The summed E-state index contributed by atoms with van der Waals surface area (Å²) in [5.74, 6) is 0. The molecule has 0 aliphatic heterocycles. The van der Waals surface area contributed by atoms with Crippen LogP contribution < -0.4 is 5.11 Å².